The second-order valence-electron chi connectivity index (χ2n) is 5.66. The molecule has 1 unspecified atom stereocenters. The highest BCUT2D eigenvalue weighted by atomic mass is 16.4. The van der Waals surface area contributed by atoms with Gasteiger partial charge in [0.1, 0.15) is 6.04 Å². The Morgan fingerprint density at radius 1 is 1.26 bits per heavy atom. The highest BCUT2D eigenvalue weighted by Crippen LogP contribution is 2.38. The molecule has 0 spiro atoms. The lowest BCUT2D eigenvalue weighted by molar-refractivity contribution is -0.149. The highest BCUT2D eigenvalue weighted by molar-refractivity contribution is 5.74. The molecule has 1 N–H and O–H groups in total. The molecule has 2 rings (SSSR count). The molecule has 3 nitrogen and oxygen atoms in total. The van der Waals surface area contributed by atoms with Crippen LogP contribution in [0.2, 0.25) is 0 Å². The Balaban J connectivity index is 2.01. The molecule has 3 heteroatoms. The van der Waals surface area contributed by atoms with E-state index in [1.54, 1.807) is 0 Å². The van der Waals surface area contributed by atoms with Crippen LogP contribution in [0.1, 0.15) is 32.3 Å². The summed E-state index contributed by atoms with van der Waals surface area (Å²) in [6, 6.07) is 9.51. The molecule has 0 saturated carbocycles. The van der Waals surface area contributed by atoms with Crippen molar-refractivity contribution < 1.29 is 9.90 Å². The molecule has 1 aliphatic rings. The summed E-state index contributed by atoms with van der Waals surface area (Å²) < 4.78 is 0. The normalized spacial score (nSPS) is 19.7. The van der Waals surface area contributed by atoms with Crippen LogP contribution >= 0.6 is 0 Å². The molecule has 0 aliphatic carbocycles. The molecular formula is C16H23NO2. The van der Waals surface area contributed by atoms with Gasteiger partial charge in [-0.3, -0.25) is 9.69 Å². The van der Waals surface area contributed by atoms with E-state index in [2.05, 4.69) is 18.7 Å². The summed E-state index contributed by atoms with van der Waals surface area (Å²) in [6.45, 7) is 6.25. The van der Waals surface area contributed by atoms with Crippen molar-refractivity contribution in [3.8, 4) is 0 Å². The fourth-order valence-electron chi connectivity index (χ4n) is 2.94. The average molecular weight is 261 g/mol. The first-order chi connectivity index (χ1) is 9.10. The fraction of sp³-hybridized carbons (Fsp3) is 0.562. The largest absolute Gasteiger partial charge is 0.480 e. The zero-order valence-electron chi connectivity index (χ0n) is 11.8. The Labute approximate surface area is 115 Å². The first-order valence-corrected chi connectivity index (χ1v) is 7.11. The summed E-state index contributed by atoms with van der Waals surface area (Å²) in [5, 5.41) is 9.44. The van der Waals surface area contributed by atoms with E-state index < -0.39 is 5.97 Å². The van der Waals surface area contributed by atoms with E-state index in [0.717, 1.165) is 31.5 Å². The van der Waals surface area contributed by atoms with Gasteiger partial charge in [-0.25, -0.2) is 0 Å². The molecule has 104 valence electrons. The van der Waals surface area contributed by atoms with Crippen LogP contribution in [0, 0.1) is 5.41 Å². The van der Waals surface area contributed by atoms with Gasteiger partial charge in [-0.2, -0.15) is 0 Å². The number of rotatable bonds is 6. The van der Waals surface area contributed by atoms with Gasteiger partial charge in [-0.1, -0.05) is 44.2 Å². The zero-order chi connectivity index (χ0) is 13.9. The van der Waals surface area contributed by atoms with Gasteiger partial charge in [0, 0.05) is 13.1 Å². The molecule has 1 atom stereocenters. The van der Waals surface area contributed by atoms with E-state index in [9.17, 15) is 9.90 Å². The van der Waals surface area contributed by atoms with Crippen molar-refractivity contribution in [1.82, 2.24) is 4.90 Å². The molecule has 0 radical (unpaired) electrons. The maximum Gasteiger partial charge on any atom is 0.321 e. The molecule has 1 fully saturated rings. The second-order valence-corrected chi connectivity index (χ2v) is 5.66. The summed E-state index contributed by atoms with van der Waals surface area (Å²) in [5.41, 5.74) is 1.45. The molecule has 0 amide bonds. The number of carboxylic acids is 1. The minimum atomic E-state index is -0.704. The number of benzene rings is 1. The van der Waals surface area contributed by atoms with E-state index in [1.807, 2.05) is 30.3 Å². The lowest BCUT2D eigenvalue weighted by Crippen LogP contribution is -2.61. The van der Waals surface area contributed by atoms with Gasteiger partial charge < -0.3 is 5.11 Å². The van der Waals surface area contributed by atoms with Crippen LogP contribution in [0.15, 0.2) is 30.3 Å². The van der Waals surface area contributed by atoms with Crippen molar-refractivity contribution in [1.29, 1.82) is 0 Å². The smallest absolute Gasteiger partial charge is 0.321 e. The predicted octanol–water partition coefficient (Wildman–Crippen LogP) is 2.80. The van der Waals surface area contributed by atoms with Gasteiger partial charge >= 0.3 is 5.97 Å². The van der Waals surface area contributed by atoms with E-state index in [4.69, 9.17) is 0 Å². The van der Waals surface area contributed by atoms with E-state index in [1.165, 1.54) is 0 Å². The number of aliphatic carboxylic acids is 1. The molecule has 1 aromatic carbocycles. The van der Waals surface area contributed by atoms with Gasteiger partial charge in [0.05, 0.1) is 0 Å². The van der Waals surface area contributed by atoms with Gasteiger partial charge in [0.25, 0.3) is 0 Å². The SMILES string of the molecule is CCC1(CC)CN(C(Cc2ccccc2)C(=O)O)C1. The molecule has 1 aliphatic heterocycles. The molecule has 1 saturated heterocycles. The molecule has 0 bridgehead atoms. The zero-order valence-corrected chi connectivity index (χ0v) is 11.8. The molecule has 0 aromatic heterocycles. The first-order valence-electron chi connectivity index (χ1n) is 7.11. The van der Waals surface area contributed by atoms with Gasteiger partial charge in [-0.05, 0) is 30.2 Å². The third-order valence-electron chi connectivity index (χ3n) is 4.57. The lowest BCUT2D eigenvalue weighted by Gasteiger charge is -2.52. The van der Waals surface area contributed by atoms with Crippen molar-refractivity contribution in [3.63, 3.8) is 0 Å². The third kappa shape index (κ3) is 2.98. The summed E-state index contributed by atoms with van der Waals surface area (Å²) in [5.74, 6) is -0.704. The van der Waals surface area contributed by atoms with Crippen LogP contribution < -0.4 is 0 Å². The standard InChI is InChI=1S/C16H23NO2/c1-3-16(4-2)11-17(12-16)14(15(18)19)10-13-8-6-5-7-9-13/h5-9,14H,3-4,10-12H2,1-2H3,(H,18,19). The minimum Gasteiger partial charge on any atom is -0.480 e. The van der Waals surface area contributed by atoms with Gasteiger partial charge in [0.15, 0.2) is 0 Å². The van der Waals surface area contributed by atoms with Crippen molar-refractivity contribution in [2.24, 2.45) is 5.41 Å². The number of hydrogen-bond donors (Lipinski definition) is 1. The molecule has 19 heavy (non-hydrogen) atoms. The third-order valence-corrected chi connectivity index (χ3v) is 4.57. The van der Waals surface area contributed by atoms with Gasteiger partial charge in [0.2, 0.25) is 0 Å². The Morgan fingerprint density at radius 2 is 1.84 bits per heavy atom. The van der Waals surface area contributed by atoms with Crippen molar-refractivity contribution >= 4 is 5.97 Å². The Morgan fingerprint density at radius 3 is 2.32 bits per heavy atom. The number of carbonyl (C=O) groups is 1. The topological polar surface area (TPSA) is 40.5 Å². The maximum absolute atomic E-state index is 11.5. The van der Waals surface area contributed by atoms with Gasteiger partial charge in [-0.15, -0.1) is 0 Å². The Bertz CT molecular complexity index is 418. The lowest BCUT2D eigenvalue weighted by atomic mass is 9.74. The Hall–Kier alpha value is -1.35. The minimum absolute atomic E-state index is 0.352. The van der Waals surface area contributed by atoms with E-state index in [0.29, 0.717) is 11.8 Å². The average Bonchev–Trinajstić information content (AvgIpc) is 2.38. The van der Waals surface area contributed by atoms with Crippen molar-refractivity contribution in [3.05, 3.63) is 35.9 Å². The maximum atomic E-state index is 11.5. The van der Waals surface area contributed by atoms with Crippen LogP contribution in [0.3, 0.4) is 0 Å². The van der Waals surface area contributed by atoms with Crippen LogP contribution in [0.25, 0.3) is 0 Å². The van der Waals surface area contributed by atoms with Crippen LogP contribution in [-0.2, 0) is 11.2 Å². The van der Waals surface area contributed by atoms with Crippen molar-refractivity contribution in [2.45, 2.75) is 39.2 Å². The summed E-state index contributed by atoms with van der Waals surface area (Å²) in [7, 11) is 0. The molecule has 1 aromatic rings. The van der Waals surface area contributed by atoms with Crippen LogP contribution in [0.4, 0.5) is 0 Å². The predicted molar refractivity (Wildman–Crippen MR) is 76.2 cm³/mol. The Kier molecular flexibility index (Phi) is 4.25. The number of carboxylic acid groups (broad SMARTS) is 1. The monoisotopic (exact) mass is 261 g/mol. The van der Waals surface area contributed by atoms with E-state index in [-0.39, 0.29) is 6.04 Å². The van der Waals surface area contributed by atoms with Crippen LogP contribution in [0.5, 0.6) is 0 Å². The van der Waals surface area contributed by atoms with Crippen LogP contribution in [-0.4, -0.2) is 35.1 Å². The quantitative estimate of drug-likeness (QED) is 0.856. The molecule has 1 heterocycles. The number of likely N-dealkylation sites (tertiary alicyclic amines) is 1. The summed E-state index contributed by atoms with van der Waals surface area (Å²) in [6.07, 6.45) is 2.87. The first kappa shape index (κ1) is 14.1. The fourth-order valence-corrected chi connectivity index (χ4v) is 2.94. The van der Waals surface area contributed by atoms with E-state index >= 15 is 0 Å². The number of hydrogen-bond acceptors (Lipinski definition) is 2. The second kappa shape index (κ2) is 5.74. The number of nitrogens with zero attached hydrogens (tertiary/aromatic N) is 1. The van der Waals surface area contributed by atoms with Crippen molar-refractivity contribution in [2.75, 3.05) is 13.1 Å². The molecular weight excluding hydrogens is 238 g/mol. The summed E-state index contributed by atoms with van der Waals surface area (Å²) >= 11 is 0. The highest BCUT2D eigenvalue weighted by Gasteiger charge is 2.44. The summed E-state index contributed by atoms with van der Waals surface area (Å²) in [4.78, 5) is 13.6.